The molecular weight excluding hydrogens is 325 g/mol. The number of nitrogens with zero attached hydrogens (tertiary/aromatic N) is 1. The van der Waals surface area contributed by atoms with Crippen LogP contribution in [0.5, 0.6) is 5.75 Å². The molecule has 0 bridgehead atoms. The van der Waals surface area contributed by atoms with E-state index < -0.39 is 17.3 Å². The number of carbonyl (C=O) groups is 1. The molecule has 0 unspecified atom stereocenters. The summed E-state index contributed by atoms with van der Waals surface area (Å²) in [7, 11) is 1.36. The number of rotatable bonds is 5. The van der Waals surface area contributed by atoms with Gasteiger partial charge in [-0.25, -0.2) is 4.39 Å². The van der Waals surface area contributed by atoms with E-state index >= 15 is 0 Å². The second-order valence-electron chi connectivity index (χ2n) is 4.50. The Morgan fingerprint density at radius 2 is 2.26 bits per heavy atom. The molecule has 23 heavy (non-hydrogen) atoms. The maximum absolute atomic E-state index is 13.1. The van der Waals surface area contributed by atoms with Crippen LogP contribution < -0.4 is 15.6 Å². The summed E-state index contributed by atoms with van der Waals surface area (Å²) in [4.78, 5) is 30.0. The number of aromatic nitrogens is 1. The molecule has 8 heteroatoms. The number of H-pyrrole nitrogens is 1. The number of pyridine rings is 1. The number of halogens is 2. The van der Waals surface area contributed by atoms with Crippen molar-refractivity contribution in [3.63, 3.8) is 0 Å². The molecule has 0 atom stereocenters. The first-order chi connectivity index (χ1) is 11.0. The van der Waals surface area contributed by atoms with Gasteiger partial charge in [-0.2, -0.15) is 0 Å². The molecule has 2 rings (SSSR count). The smallest absolute Gasteiger partial charge is 0.274 e. The Hall–Kier alpha value is -2.67. The van der Waals surface area contributed by atoms with Crippen molar-refractivity contribution < 1.29 is 13.9 Å². The van der Waals surface area contributed by atoms with Crippen LogP contribution >= 0.6 is 11.6 Å². The van der Waals surface area contributed by atoms with Gasteiger partial charge in [0.25, 0.3) is 11.5 Å². The number of amides is 1. The maximum Gasteiger partial charge on any atom is 0.274 e. The molecule has 1 heterocycles. The number of methoxy groups -OCH3 is 1. The summed E-state index contributed by atoms with van der Waals surface area (Å²) in [5, 5.41) is 2.56. The van der Waals surface area contributed by atoms with Crippen LogP contribution in [0.3, 0.4) is 0 Å². The Balaban J connectivity index is 2.27. The minimum atomic E-state index is -0.573. The number of aliphatic imine (C=N–C) groups is 1. The lowest BCUT2D eigenvalue weighted by Gasteiger charge is -2.11. The average molecular weight is 338 g/mol. The van der Waals surface area contributed by atoms with Crippen molar-refractivity contribution >= 4 is 29.9 Å². The van der Waals surface area contributed by atoms with E-state index in [0.29, 0.717) is 5.56 Å². The number of carbonyl (C=O) groups excluding carboxylic acids is 1. The molecule has 0 aliphatic rings. The highest BCUT2D eigenvalue weighted by Gasteiger charge is 2.19. The fourth-order valence-corrected chi connectivity index (χ4v) is 2.16. The molecule has 0 saturated heterocycles. The summed E-state index contributed by atoms with van der Waals surface area (Å²) in [6, 6.07) is 4.09. The van der Waals surface area contributed by atoms with Crippen LogP contribution in [0.4, 0.5) is 10.1 Å². The van der Waals surface area contributed by atoms with Crippen LogP contribution in [-0.4, -0.2) is 24.7 Å². The van der Waals surface area contributed by atoms with E-state index in [9.17, 15) is 14.0 Å². The van der Waals surface area contributed by atoms with Crippen molar-refractivity contribution in [3.05, 3.63) is 56.7 Å². The summed E-state index contributed by atoms with van der Waals surface area (Å²) < 4.78 is 18.2. The minimum Gasteiger partial charge on any atom is -0.494 e. The normalized spacial score (nSPS) is 10.2. The highest BCUT2D eigenvalue weighted by Crippen LogP contribution is 2.24. The van der Waals surface area contributed by atoms with Crippen molar-refractivity contribution in [1.29, 1.82) is 0 Å². The molecule has 2 N–H and O–H groups in total. The zero-order valence-corrected chi connectivity index (χ0v) is 12.9. The largest absolute Gasteiger partial charge is 0.494 e. The first-order valence-corrected chi connectivity index (χ1v) is 6.84. The number of ether oxygens (including phenoxy) is 1. The second kappa shape index (κ2) is 7.06. The number of aromatic amines is 1. The highest BCUT2D eigenvalue weighted by molar-refractivity contribution is 6.30. The van der Waals surface area contributed by atoms with Gasteiger partial charge in [-0.1, -0.05) is 17.7 Å². The van der Waals surface area contributed by atoms with Crippen molar-refractivity contribution in [1.82, 2.24) is 10.3 Å². The van der Waals surface area contributed by atoms with Gasteiger partial charge in [0, 0.05) is 12.7 Å². The van der Waals surface area contributed by atoms with E-state index in [1.165, 1.54) is 31.5 Å². The maximum atomic E-state index is 13.1. The molecular formula is C15H13ClFN3O3. The topological polar surface area (TPSA) is 83.5 Å². The summed E-state index contributed by atoms with van der Waals surface area (Å²) >= 11 is 5.69. The van der Waals surface area contributed by atoms with Crippen LogP contribution in [0.2, 0.25) is 5.02 Å². The van der Waals surface area contributed by atoms with Gasteiger partial charge in [-0.3, -0.25) is 14.6 Å². The monoisotopic (exact) mass is 337 g/mol. The highest BCUT2D eigenvalue weighted by atomic mass is 35.5. The fraction of sp³-hybridized carbons (Fsp3) is 0.133. The summed E-state index contributed by atoms with van der Waals surface area (Å²) in [5.41, 5.74) is -0.129. The van der Waals surface area contributed by atoms with E-state index in [1.807, 2.05) is 0 Å². The molecule has 6 nitrogen and oxygen atoms in total. The van der Waals surface area contributed by atoms with Gasteiger partial charge < -0.3 is 15.0 Å². The van der Waals surface area contributed by atoms with Gasteiger partial charge in [0.05, 0.1) is 12.1 Å². The van der Waals surface area contributed by atoms with Crippen LogP contribution in [-0.2, 0) is 6.54 Å². The first-order valence-electron chi connectivity index (χ1n) is 6.46. The van der Waals surface area contributed by atoms with Crippen molar-refractivity contribution in [3.8, 4) is 5.75 Å². The SMILES string of the molecule is C=Nc1c(C(=O)NCc2ccc(F)c(Cl)c2)c(OC)c[nH]c1=O. The van der Waals surface area contributed by atoms with Crippen LogP contribution in [0.15, 0.2) is 34.2 Å². The summed E-state index contributed by atoms with van der Waals surface area (Å²) in [6.07, 6.45) is 1.26. The van der Waals surface area contributed by atoms with Gasteiger partial charge in [-0.05, 0) is 24.4 Å². The summed E-state index contributed by atoms with van der Waals surface area (Å²) in [5.74, 6) is -0.964. The van der Waals surface area contributed by atoms with E-state index in [2.05, 4.69) is 22.0 Å². The minimum absolute atomic E-state index is 0.0283. The quantitative estimate of drug-likeness (QED) is 0.822. The molecule has 1 amide bonds. The van der Waals surface area contributed by atoms with Gasteiger partial charge in [-0.15, -0.1) is 0 Å². The molecule has 1 aromatic heterocycles. The third-order valence-electron chi connectivity index (χ3n) is 3.07. The number of hydrogen-bond acceptors (Lipinski definition) is 4. The van der Waals surface area contributed by atoms with Gasteiger partial charge in [0.2, 0.25) is 0 Å². The average Bonchev–Trinajstić information content (AvgIpc) is 2.55. The standard InChI is InChI=1S/C15H13ClFN3O3/c1-18-13-12(11(23-2)7-20-15(13)22)14(21)19-6-8-3-4-10(17)9(16)5-8/h3-5,7H,1,6H2,2H3,(H,19,21)(H,20,22). The molecule has 0 aliphatic heterocycles. The van der Waals surface area contributed by atoms with Gasteiger partial charge in [0.1, 0.15) is 22.8 Å². The Kier molecular flexibility index (Phi) is 5.13. The van der Waals surface area contributed by atoms with E-state index in [0.717, 1.165) is 0 Å². The van der Waals surface area contributed by atoms with E-state index in [1.54, 1.807) is 0 Å². The predicted octanol–water partition coefficient (Wildman–Crippen LogP) is 2.44. The zero-order valence-electron chi connectivity index (χ0n) is 12.2. The lowest BCUT2D eigenvalue weighted by molar-refractivity contribution is 0.0948. The van der Waals surface area contributed by atoms with Crippen molar-refractivity contribution in [2.75, 3.05) is 7.11 Å². The fourth-order valence-electron chi connectivity index (χ4n) is 1.95. The molecule has 0 spiro atoms. The number of benzene rings is 1. The Morgan fingerprint density at radius 1 is 1.52 bits per heavy atom. The molecule has 0 saturated carbocycles. The van der Waals surface area contributed by atoms with Crippen LogP contribution in [0.25, 0.3) is 0 Å². The molecule has 0 fully saturated rings. The predicted molar refractivity (Wildman–Crippen MR) is 85.4 cm³/mol. The summed E-state index contributed by atoms with van der Waals surface area (Å²) in [6.45, 7) is 3.37. The van der Waals surface area contributed by atoms with Crippen LogP contribution in [0, 0.1) is 5.82 Å². The molecule has 120 valence electrons. The molecule has 1 aromatic carbocycles. The number of hydrogen-bond donors (Lipinski definition) is 2. The molecule has 0 radical (unpaired) electrons. The lowest BCUT2D eigenvalue weighted by Crippen LogP contribution is -2.25. The Bertz CT molecular complexity index is 820. The lowest BCUT2D eigenvalue weighted by atomic mass is 10.1. The van der Waals surface area contributed by atoms with E-state index in [-0.39, 0.29) is 28.6 Å². The third-order valence-corrected chi connectivity index (χ3v) is 3.36. The van der Waals surface area contributed by atoms with Crippen molar-refractivity contribution in [2.24, 2.45) is 4.99 Å². The Morgan fingerprint density at radius 3 is 2.87 bits per heavy atom. The second-order valence-corrected chi connectivity index (χ2v) is 4.91. The Labute approximate surface area is 136 Å². The molecule has 0 aliphatic carbocycles. The number of nitrogens with one attached hydrogen (secondary N) is 2. The zero-order chi connectivity index (χ0) is 17.0. The molecule has 2 aromatic rings. The van der Waals surface area contributed by atoms with Crippen LogP contribution in [0.1, 0.15) is 15.9 Å². The first kappa shape index (κ1) is 16.7. The van der Waals surface area contributed by atoms with E-state index in [4.69, 9.17) is 16.3 Å². The third kappa shape index (κ3) is 3.57. The van der Waals surface area contributed by atoms with Gasteiger partial charge in [0.15, 0.2) is 0 Å². The van der Waals surface area contributed by atoms with Crippen molar-refractivity contribution in [2.45, 2.75) is 6.54 Å². The van der Waals surface area contributed by atoms with Gasteiger partial charge >= 0.3 is 0 Å².